The molecular weight excluding hydrogens is 178 g/mol. The van der Waals surface area contributed by atoms with E-state index in [1.54, 1.807) is 24.8 Å². The van der Waals surface area contributed by atoms with E-state index in [-0.39, 0.29) is 0 Å². The van der Waals surface area contributed by atoms with Crippen molar-refractivity contribution in [3.8, 4) is 0 Å². The second kappa shape index (κ2) is 3.87. The van der Waals surface area contributed by atoms with E-state index in [0.29, 0.717) is 0 Å². The number of nitrogens with one attached hydrogen (secondary N) is 1. The maximum Gasteiger partial charge on any atom is 0.148 e. The minimum atomic E-state index is 0.725. The zero-order chi connectivity index (χ0) is 9.80. The first kappa shape index (κ1) is 8.68. The Morgan fingerprint density at radius 1 is 1.36 bits per heavy atom. The van der Waals surface area contributed by atoms with Crippen LogP contribution in [0.4, 0.5) is 11.5 Å². The summed E-state index contributed by atoms with van der Waals surface area (Å²) in [5.41, 5.74) is 0.923. The monoisotopic (exact) mass is 189 g/mol. The topological polar surface area (TPSA) is 55.6 Å². The van der Waals surface area contributed by atoms with Crippen LogP contribution in [0.15, 0.2) is 31.0 Å². The maximum absolute atomic E-state index is 4.14. The van der Waals surface area contributed by atoms with Gasteiger partial charge in [0.2, 0.25) is 0 Å². The van der Waals surface area contributed by atoms with E-state index in [1.807, 2.05) is 17.8 Å². The average molecular weight is 189 g/mol. The summed E-state index contributed by atoms with van der Waals surface area (Å²) < 4.78 is 1.85. The Balaban J connectivity index is 2.11. The van der Waals surface area contributed by atoms with Gasteiger partial charge in [-0.15, -0.1) is 0 Å². The van der Waals surface area contributed by atoms with Crippen molar-refractivity contribution in [2.45, 2.75) is 13.5 Å². The van der Waals surface area contributed by atoms with E-state index < -0.39 is 0 Å². The highest BCUT2D eigenvalue weighted by atomic mass is 15.3. The fourth-order valence-corrected chi connectivity index (χ4v) is 1.11. The van der Waals surface area contributed by atoms with Gasteiger partial charge in [0, 0.05) is 25.1 Å². The molecule has 0 atom stereocenters. The molecule has 0 aliphatic rings. The third-order valence-electron chi connectivity index (χ3n) is 1.79. The van der Waals surface area contributed by atoms with Gasteiger partial charge in [0.25, 0.3) is 0 Å². The Kier molecular flexibility index (Phi) is 2.40. The Morgan fingerprint density at radius 3 is 2.93 bits per heavy atom. The van der Waals surface area contributed by atoms with Crippen LogP contribution in [0.5, 0.6) is 0 Å². The highest BCUT2D eigenvalue weighted by Gasteiger charge is 1.97. The van der Waals surface area contributed by atoms with Crippen LogP contribution in [-0.4, -0.2) is 19.7 Å². The van der Waals surface area contributed by atoms with Gasteiger partial charge in [-0.25, -0.2) is 4.98 Å². The van der Waals surface area contributed by atoms with Crippen LogP contribution >= 0.6 is 0 Å². The molecule has 0 radical (unpaired) electrons. The molecule has 2 heterocycles. The largest absolute Gasteiger partial charge is 0.336 e. The van der Waals surface area contributed by atoms with E-state index in [9.17, 15) is 0 Å². The van der Waals surface area contributed by atoms with Crippen molar-refractivity contribution in [3.05, 3.63) is 31.0 Å². The molecule has 1 N–H and O–H groups in total. The molecule has 0 amide bonds. The molecule has 0 fully saturated rings. The number of hydrogen-bond acceptors (Lipinski definition) is 4. The highest BCUT2D eigenvalue weighted by Crippen LogP contribution is 2.11. The summed E-state index contributed by atoms with van der Waals surface area (Å²) in [4.78, 5) is 8.05. The van der Waals surface area contributed by atoms with Gasteiger partial charge in [0.15, 0.2) is 0 Å². The summed E-state index contributed by atoms with van der Waals surface area (Å²) in [5, 5.41) is 7.24. The van der Waals surface area contributed by atoms with Crippen molar-refractivity contribution in [1.29, 1.82) is 0 Å². The van der Waals surface area contributed by atoms with Gasteiger partial charge in [-0.3, -0.25) is 9.67 Å². The molecule has 0 aliphatic carbocycles. The first-order chi connectivity index (χ1) is 6.88. The molecule has 0 saturated heterocycles. The third kappa shape index (κ3) is 1.87. The first-order valence-electron chi connectivity index (χ1n) is 4.44. The molecule has 0 unspecified atom stereocenters. The Labute approximate surface area is 81.8 Å². The molecule has 2 rings (SSSR count). The fourth-order valence-electron chi connectivity index (χ4n) is 1.11. The summed E-state index contributed by atoms with van der Waals surface area (Å²) in [6.45, 7) is 2.90. The van der Waals surface area contributed by atoms with Gasteiger partial charge in [-0.2, -0.15) is 5.10 Å². The number of nitrogens with zero attached hydrogens (tertiary/aromatic N) is 4. The van der Waals surface area contributed by atoms with Gasteiger partial charge in [-0.1, -0.05) is 0 Å². The maximum atomic E-state index is 4.14. The number of rotatable bonds is 3. The Hall–Kier alpha value is -1.91. The summed E-state index contributed by atoms with van der Waals surface area (Å²) in [5.74, 6) is 0.725. The average Bonchev–Trinajstić information content (AvgIpc) is 2.67. The number of aromatic nitrogens is 4. The Bertz CT molecular complexity index is 395. The summed E-state index contributed by atoms with van der Waals surface area (Å²) in [6, 6.07) is 0. The third-order valence-corrected chi connectivity index (χ3v) is 1.79. The minimum absolute atomic E-state index is 0.725. The standard InChI is InChI=1S/C9H11N5/c1-2-14-7-8(5-12-14)13-9-6-10-3-4-11-9/h3-7H,2H2,1H3,(H,11,13). The molecule has 2 aromatic heterocycles. The van der Waals surface area contributed by atoms with Crippen molar-refractivity contribution in [2.24, 2.45) is 0 Å². The number of anilines is 2. The van der Waals surface area contributed by atoms with Gasteiger partial charge >= 0.3 is 0 Å². The number of hydrogen-bond donors (Lipinski definition) is 1. The molecule has 0 spiro atoms. The predicted molar refractivity (Wildman–Crippen MR) is 53.2 cm³/mol. The van der Waals surface area contributed by atoms with Crippen LogP contribution < -0.4 is 5.32 Å². The van der Waals surface area contributed by atoms with E-state index in [1.165, 1.54) is 0 Å². The van der Waals surface area contributed by atoms with E-state index in [4.69, 9.17) is 0 Å². The van der Waals surface area contributed by atoms with E-state index >= 15 is 0 Å². The zero-order valence-corrected chi connectivity index (χ0v) is 7.88. The molecule has 5 heteroatoms. The smallest absolute Gasteiger partial charge is 0.148 e. The zero-order valence-electron chi connectivity index (χ0n) is 7.88. The first-order valence-corrected chi connectivity index (χ1v) is 4.44. The lowest BCUT2D eigenvalue weighted by Gasteiger charge is -1.99. The van der Waals surface area contributed by atoms with Gasteiger partial charge in [-0.05, 0) is 6.92 Å². The van der Waals surface area contributed by atoms with Crippen LogP contribution in [0.1, 0.15) is 6.92 Å². The molecule has 0 aliphatic heterocycles. The van der Waals surface area contributed by atoms with Crippen molar-refractivity contribution in [1.82, 2.24) is 19.7 Å². The highest BCUT2D eigenvalue weighted by molar-refractivity contribution is 5.52. The van der Waals surface area contributed by atoms with Gasteiger partial charge in [0.05, 0.1) is 18.1 Å². The lowest BCUT2D eigenvalue weighted by molar-refractivity contribution is 0.660. The summed E-state index contributed by atoms with van der Waals surface area (Å²) >= 11 is 0. The van der Waals surface area contributed by atoms with E-state index in [2.05, 4.69) is 20.4 Å². The summed E-state index contributed by atoms with van der Waals surface area (Å²) in [7, 11) is 0. The lowest BCUT2D eigenvalue weighted by Crippen LogP contribution is -1.94. The molecule has 2 aromatic rings. The van der Waals surface area contributed by atoms with Crippen molar-refractivity contribution >= 4 is 11.5 Å². The normalized spacial score (nSPS) is 10.1. The quantitative estimate of drug-likeness (QED) is 0.793. The number of aryl methyl sites for hydroxylation is 1. The SMILES string of the molecule is CCn1cc(Nc2cnccn2)cn1. The van der Waals surface area contributed by atoms with Crippen LogP contribution in [0.3, 0.4) is 0 Å². The second-order valence-corrected chi connectivity index (χ2v) is 2.80. The van der Waals surface area contributed by atoms with Crippen LogP contribution in [0.25, 0.3) is 0 Å². The predicted octanol–water partition coefficient (Wildman–Crippen LogP) is 1.44. The molecule has 5 nitrogen and oxygen atoms in total. The molecule has 14 heavy (non-hydrogen) atoms. The van der Waals surface area contributed by atoms with Crippen LogP contribution in [0, 0.1) is 0 Å². The van der Waals surface area contributed by atoms with Gasteiger partial charge in [0.1, 0.15) is 5.82 Å². The fraction of sp³-hybridized carbons (Fsp3) is 0.222. The lowest BCUT2D eigenvalue weighted by atomic mass is 10.5. The second-order valence-electron chi connectivity index (χ2n) is 2.80. The van der Waals surface area contributed by atoms with Crippen molar-refractivity contribution in [3.63, 3.8) is 0 Å². The van der Waals surface area contributed by atoms with Gasteiger partial charge < -0.3 is 5.32 Å². The molecular formula is C9H11N5. The van der Waals surface area contributed by atoms with Crippen molar-refractivity contribution in [2.75, 3.05) is 5.32 Å². The van der Waals surface area contributed by atoms with Crippen LogP contribution in [0.2, 0.25) is 0 Å². The van der Waals surface area contributed by atoms with E-state index in [0.717, 1.165) is 18.1 Å². The Morgan fingerprint density at radius 2 is 2.29 bits per heavy atom. The molecule has 72 valence electrons. The molecule has 0 aromatic carbocycles. The molecule has 0 saturated carbocycles. The molecule has 0 bridgehead atoms. The minimum Gasteiger partial charge on any atom is -0.336 e. The van der Waals surface area contributed by atoms with Crippen LogP contribution in [-0.2, 0) is 6.54 Å². The summed E-state index contributed by atoms with van der Waals surface area (Å²) in [6.07, 6.45) is 8.64. The van der Waals surface area contributed by atoms with Crippen molar-refractivity contribution < 1.29 is 0 Å².